The van der Waals surface area contributed by atoms with Crippen molar-refractivity contribution in [1.82, 2.24) is 0 Å². The molecule has 1 aliphatic rings. The van der Waals surface area contributed by atoms with E-state index in [1.807, 2.05) is 43.3 Å². The lowest BCUT2D eigenvalue weighted by molar-refractivity contribution is -0.145. The number of benzene rings is 2. The van der Waals surface area contributed by atoms with Crippen molar-refractivity contribution in [2.24, 2.45) is 11.8 Å². The third-order valence-corrected chi connectivity index (χ3v) is 6.34. The fraction of sp³-hybridized carbons (Fsp3) is 0.500. The Morgan fingerprint density at radius 3 is 1.69 bits per heavy atom. The minimum Gasteiger partial charge on any atom is -0.426 e. The Hall–Kier alpha value is -2.62. The van der Waals surface area contributed by atoms with Crippen LogP contribution in [-0.4, -0.2) is 11.9 Å². The molecule has 3 rings (SSSR count). The van der Waals surface area contributed by atoms with Crippen LogP contribution >= 0.6 is 0 Å². The number of aryl methyl sites for hydroxylation is 2. The van der Waals surface area contributed by atoms with Crippen molar-refractivity contribution in [3.63, 3.8) is 0 Å². The Balaban J connectivity index is 1.39. The number of ether oxygens (including phenoxy) is 2. The maximum atomic E-state index is 12.6. The highest BCUT2D eigenvalue weighted by Gasteiger charge is 2.32. The van der Waals surface area contributed by atoms with Gasteiger partial charge in [0.15, 0.2) is 0 Å². The van der Waals surface area contributed by atoms with Gasteiger partial charge in [0.1, 0.15) is 11.5 Å². The largest absolute Gasteiger partial charge is 0.426 e. The van der Waals surface area contributed by atoms with Crippen LogP contribution in [0.1, 0.15) is 75.8 Å². The standard InChI is InChI=1S/C28H36O4/c1-3-4-5-6-7-8-22-11-19-26(20-12-22)32-28(30)24-15-13-23(14-16-24)27(29)31-25-17-9-21(2)10-18-25/h9-12,17-20,23-24H,3-8,13-16H2,1-2H3. The maximum Gasteiger partial charge on any atom is 0.314 e. The molecule has 2 aromatic carbocycles. The van der Waals surface area contributed by atoms with Crippen molar-refractivity contribution in [3.05, 3.63) is 59.7 Å². The second-order valence-electron chi connectivity index (χ2n) is 9.01. The molecule has 1 saturated carbocycles. The normalized spacial score (nSPS) is 18.2. The van der Waals surface area contributed by atoms with Crippen LogP contribution in [0, 0.1) is 18.8 Å². The first kappa shape index (κ1) is 24.0. The first-order valence-corrected chi connectivity index (χ1v) is 12.1. The molecule has 0 saturated heterocycles. The zero-order valence-electron chi connectivity index (χ0n) is 19.5. The monoisotopic (exact) mass is 436 g/mol. The van der Waals surface area contributed by atoms with Crippen molar-refractivity contribution in [3.8, 4) is 11.5 Å². The predicted molar refractivity (Wildman–Crippen MR) is 127 cm³/mol. The molecule has 0 spiro atoms. The molecule has 0 amide bonds. The highest BCUT2D eigenvalue weighted by atomic mass is 16.5. The number of hydrogen-bond acceptors (Lipinski definition) is 4. The lowest BCUT2D eigenvalue weighted by Gasteiger charge is -2.25. The fourth-order valence-corrected chi connectivity index (χ4v) is 4.23. The molecule has 0 aromatic heterocycles. The van der Waals surface area contributed by atoms with Crippen LogP contribution in [0.2, 0.25) is 0 Å². The third-order valence-electron chi connectivity index (χ3n) is 6.34. The summed E-state index contributed by atoms with van der Waals surface area (Å²) in [5.41, 5.74) is 2.41. The van der Waals surface area contributed by atoms with E-state index in [-0.39, 0.29) is 23.8 Å². The number of hydrogen-bond donors (Lipinski definition) is 0. The molecule has 0 radical (unpaired) electrons. The summed E-state index contributed by atoms with van der Waals surface area (Å²) >= 11 is 0. The SMILES string of the molecule is CCCCCCCc1ccc(OC(=O)C2CCC(C(=O)Oc3ccc(C)cc3)CC2)cc1. The summed E-state index contributed by atoms with van der Waals surface area (Å²) < 4.78 is 11.1. The highest BCUT2D eigenvalue weighted by Crippen LogP contribution is 2.31. The molecular formula is C28H36O4. The molecule has 1 fully saturated rings. The molecule has 0 bridgehead atoms. The van der Waals surface area contributed by atoms with Crippen molar-refractivity contribution < 1.29 is 19.1 Å². The van der Waals surface area contributed by atoms with Gasteiger partial charge in [-0.05, 0) is 75.3 Å². The van der Waals surface area contributed by atoms with Crippen LogP contribution in [-0.2, 0) is 16.0 Å². The minimum absolute atomic E-state index is 0.156. The van der Waals surface area contributed by atoms with Gasteiger partial charge in [0, 0.05) is 0 Å². The molecule has 4 nitrogen and oxygen atoms in total. The predicted octanol–water partition coefficient (Wildman–Crippen LogP) is 6.83. The number of esters is 2. The topological polar surface area (TPSA) is 52.6 Å². The Morgan fingerprint density at radius 2 is 1.19 bits per heavy atom. The van der Waals surface area contributed by atoms with Gasteiger partial charge in [0.05, 0.1) is 11.8 Å². The molecule has 2 aromatic rings. The van der Waals surface area contributed by atoms with E-state index in [9.17, 15) is 9.59 Å². The Morgan fingerprint density at radius 1 is 0.719 bits per heavy atom. The Bertz CT molecular complexity index is 846. The summed E-state index contributed by atoms with van der Waals surface area (Å²) in [5.74, 6) is 0.472. The van der Waals surface area contributed by atoms with Gasteiger partial charge in [-0.25, -0.2) is 0 Å². The molecular weight excluding hydrogens is 400 g/mol. The van der Waals surface area contributed by atoms with Crippen LogP contribution in [0.4, 0.5) is 0 Å². The highest BCUT2D eigenvalue weighted by molar-refractivity contribution is 5.77. The molecule has 32 heavy (non-hydrogen) atoms. The van der Waals surface area contributed by atoms with Gasteiger partial charge in [-0.1, -0.05) is 62.4 Å². The van der Waals surface area contributed by atoms with E-state index in [0.29, 0.717) is 37.2 Å². The van der Waals surface area contributed by atoms with Gasteiger partial charge < -0.3 is 9.47 Å². The minimum atomic E-state index is -0.203. The van der Waals surface area contributed by atoms with E-state index in [2.05, 4.69) is 19.1 Å². The van der Waals surface area contributed by atoms with Crippen molar-refractivity contribution in [1.29, 1.82) is 0 Å². The van der Waals surface area contributed by atoms with E-state index >= 15 is 0 Å². The zero-order chi connectivity index (χ0) is 22.8. The van der Waals surface area contributed by atoms with Gasteiger partial charge in [-0.15, -0.1) is 0 Å². The number of carbonyl (C=O) groups excluding carboxylic acids is 2. The molecule has 0 aliphatic heterocycles. The van der Waals surface area contributed by atoms with Gasteiger partial charge >= 0.3 is 11.9 Å². The fourth-order valence-electron chi connectivity index (χ4n) is 4.23. The molecule has 0 heterocycles. The smallest absolute Gasteiger partial charge is 0.314 e. The molecule has 172 valence electrons. The van der Waals surface area contributed by atoms with Crippen LogP contribution in [0.3, 0.4) is 0 Å². The lowest BCUT2D eigenvalue weighted by atomic mass is 9.82. The summed E-state index contributed by atoms with van der Waals surface area (Å²) in [6.07, 6.45) is 10.0. The van der Waals surface area contributed by atoms with Crippen molar-refractivity contribution in [2.45, 2.75) is 78.1 Å². The van der Waals surface area contributed by atoms with E-state index in [0.717, 1.165) is 12.0 Å². The summed E-state index contributed by atoms with van der Waals surface area (Å²) in [7, 11) is 0. The van der Waals surface area contributed by atoms with Crippen LogP contribution < -0.4 is 9.47 Å². The number of carbonyl (C=O) groups is 2. The molecule has 0 unspecified atom stereocenters. The summed E-state index contributed by atoms with van der Waals surface area (Å²) in [6.45, 7) is 4.22. The second-order valence-corrected chi connectivity index (χ2v) is 9.01. The Labute approximate surface area is 192 Å². The average Bonchev–Trinajstić information content (AvgIpc) is 2.81. The van der Waals surface area contributed by atoms with E-state index in [4.69, 9.17) is 9.47 Å². The first-order chi connectivity index (χ1) is 15.5. The van der Waals surface area contributed by atoms with Crippen LogP contribution in [0.25, 0.3) is 0 Å². The average molecular weight is 437 g/mol. The van der Waals surface area contributed by atoms with Gasteiger partial charge in [-0.3, -0.25) is 9.59 Å². The first-order valence-electron chi connectivity index (χ1n) is 12.1. The van der Waals surface area contributed by atoms with Crippen LogP contribution in [0.5, 0.6) is 11.5 Å². The van der Waals surface area contributed by atoms with Gasteiger partial charge in [0.25, 0.3) is 0 Å². The van der Waals surface area contributed by atoms with E-state index < -0.39 is 0 Å². The second kappa shape index (κ2) is 12.4. The molecule has 0 atom stereocenters. The zero-order valence-corrected chi connectivity index (χ0v) is 19.5. The molecule has 4 heteroatoms. The lowest BCUT2D eigenvalue weighted by Crippen LogP contribution is -2.30. The molecule has 0 N–H and O–H groups in total. The van der Waals surface area contributed by atoms with Gasteiger partial charge in [-0.2, -0.15) is 0 Å². The van der Waals surface area contributed by atoms with E-state index in [1.165, 1.54) is 37.7 Å². The summed E-state index contributed by atoms with van der Waals surface area (Å²) in [4.78, 5) is 25.0. The number of unbranched alkanes of at least 4 members (excludes halogenated alkanes) is 4. The van der Waals surface area contributed by atoms with Gasteiger partial charge in [0.2, 0.25) is 0 Å². The summed E-state index contributed by atoms with van der Waals surface area (Å²) in [6, 6.07) is 15.4. The number of rotatable bonds is 10. The van der Waals surface area contributed by atoms with E-state index in [1.54, 1.807) is 0 Å². The third kappa shape index (κ3) is 7.51. The van der Waals surface area contributed by atoms with Crippen molar-refractivity contribution >= 4 is 11.9 Å². The quantitative estimate of drug-likeness (QED) is 0.233. The van der Waals surface area contributed by atoms with Crippen LogP contribution in [0.15, 0.2) is 48.5 Å². The maximum absolute atomic E-state index is 12.6. The Kier molecular flexibility index (Phi) is 9.33. The van der Waals surface area contributed by atoms with Crippen molar-refractivity contribution in [2.75, 3.05) is 0 Å². The summed E-state index contributed by atoms with van der Waals surface area (Å²) in [5, 5.41) is 0. The molecule has 1 aliphatic carbocycles.